The van der Waals surface area contributed by atoms with E-state index in [0.717, 1.165) is 5.56 Å². The Morgan fingerprint density at radius 3 is 2.20 bits per heavy atom. The van der Waals surface area contributed by atoms with Crippen LogP contribution < -0.4 is 21.7 Å². The molecule has 0 aliphatic heterocycles. The first-order chi connectivity index (χ1) is 16.7. The topological polar surface area (TPSA) is 171 Å². The van der Waals surface area contributed by atoms with Gasteiger partial charge < -0.3 is 31.7 Å². The molecule has 2 aromatic carbocycles. The molecule has 0 aliphatic rings. The van der Waals surface area contributed by atoms with Crippen LogP contribution in [0, 0.1) is 0 Å². The van der Waals surface area contributed by atoms with Crippen LogP contribution in [0.3, 0.4) is 0 Å². The molecule has 0 heterocycles. The van der Waals surface area contributed by atoms with Crippen molar-refractivity contribution in [3.05, 3.63) is 65.7 Å². The van der Waals surface area contributed by atoms with Gasteiger partial charge in [-0.05, 0) is 23.3 Å². The Morgan fingerprint density at radius 2 is 1.60 bits per heavy atom. The molecule has 2 aromatic rings. The summed E-state index contributed by atoms with van der Waals surface area (Å²) in [5, 5.41) is 16.6. The normalized spacial score (nSPS) is 12.0. The number of aromatic hydroxyl groups is 1. The Hall–Kier alpha value is -4.41. The molecule has 0 saturated carbocycles. The number of phenolic OH excluding ortho intramolecular Hbond substituents is 1. The van der Waals surface area contributed by atoms with Crippen molar-refractivity contribution in [2.24, 2.45) is 5.73 Å². The van der Waals surface area contributed by atoms with Crippen LogP contribution in [-0.4, -0.2) is 72.3 Å². The van der Waals surface area contributed by atoms with Crippen LogP contribution in [0.4, 0.5) is 0 Å². The van der Waals surface area contributed by atoms with Gasteiger partial charge in [-0.15, -0.1) is 0 Å². The fraction of sp³-hybridized carbons (Fsp3) is 0.292. The largest absolute Gasteiger partial charge is 0.508 e. The maximum Gasteiger partial charge on any atom is 0.243 e. The van der Waals surface area contributed by atoms with Crippen molar-refractivity contribution in [1.82, 2.24) is 20.9 Å². The van der Waals surface area contributed by atoms with Gasteiger partial charge in [0.25, 0.3) is 0 Å². The molecule has 0 spiro atoms. The van der Waals surface area contributed by atoms with Gasteiger partial charge in [-0.3, -0.25) is 24.0 Å². The smallest absolute Gasteiger partial charge is 0.243 e. The Bertz CT molecular complexity index is 1030. The van der Waals surface area contributed by atoms with E-state index in [0.29, 0.717) is 12.0 Å². The van der Waals surface area contributed by atoms with Gasteiger partial charge in [-0.25, -0.2) is 0 Å². The van der Waals surface area contributed by atoms with Crippen molar-refractivity contribution in [2.75, 3.05) is 20.1 Å². The molecule has 6 N–H and O–H groups in total. The molecule has 0 saturated heterocycles. The molecule has 2 atom stereocenters. The van der Waals surface area contributed by atoms with E-state index in [1.54, 1.807) is 36.4 Å². The van der Waals surface area contributed by atoms with Crippen molar-refractivity contribution in [2.45, 2.75) is 24.9 Å². The van der Waals surface area contributed by atoms with E-state index >= 15 is 0 Å². The van der Waals surface area contributed by atoms with Crippen LogP contribution in [0.5, 0.6) is 5.75 Å². The molecule has 0 fully saturated rings. The molecule has 2 rings (SSSR count). The molecule has 0 aromatic heterocycles. The summed E-state index contributed by atoms with van der Waals surface area (Å²) in [5.74, 6) is -2.40. The average Bonchev–Trinajstić information content (AvgIpc) is 2.85. The van der Waals surface area contributed by atoms with E-state index in [-0.39, 0.29) is 31.7 Å². The Labute approximate surface area is 202 Å². The minimum Gasteiger partial charge on any atom is -0.508 e. The number of likely N-dealkylation sites (N-methyl/N-ethyl adjacent to an activating group) is 1. The summed E-state index contributed by atoms with van der Waals surface area (Å²) in [5.41, 5.74) is 6.96. The van der Waals surface area contributed by atoms with Crippen LogP contribution in [0.1, 0.15) is 11.1 Å². The highest BCUT2D eigenvalue weighted by Crippen LogP contribution is 2.13. The number of phenols is 1. The molecular weight excluding hydrogens is 454 g/mol. The first-order valence-corrected chi connectivity index (χ1v) is 10.8. The molecule has 11 nitrogen and oxygen atoms in total. The highest BCUT2D eigenvalue weighted by atomic mass is 16.3. The SMILES string of the molecule is CN(C(=O)CNC(=O)CNC=O)C(Cc1ccccc1)C(=O)NC(Cc1ccc(O)cc1)C(N)=O. The number of hydrogen-bond acceptors (Lipinski definition) is 6. The van der Waals surface area contributed by atoms with Gasteiger partial charge in [0.2, 0.25) is 30.0 Å². The van der Waals surface area contributed by atoms with Gasteiger partial charge in [0.05, 0.1) is 13.1 Å². The summed E-state index contributed by atoms with van der Waals surface area (Å²) in [7, 11) is 1.42. The molecule has 35 heavy (non-hydrogen) atoms. The highest BCUT2D eigenvalue weighted by molar-refractivity contribution is 5.93. The predicted molar refractivity (Wildman–Crippen MR) is 127 cm³/mol. The van der Waals surface area contributed by atoms with Crippen molar-refractivity contribution in [1.29, 1.82) is 0 Å². The first kappa shape index (κ1) is 26.8. The minimum absolute atomic E-state index is 0.0607. The summed E-state index contributed by atoms with van der Waals surface area (Å²) in [4.78, 5) is 61.2. The molecule has 0 aliphatic carbocycles. The number of hydrogen-bond donors (Lipinski definition) is 5. The second-order valence-corrected chi connectivity index (χ2v) is 7.82. The maximum absolute atomic E-state index is 13.2. The van der Waals surface area contributed by atoms with E-state index in [1.165, 1.54) is 24.1 Å². The lowest BCUT2D eigenvalue weighted by molar-refractivity contribution is -0.140. The summed E-state index contributed by atoms with van der Waals surface area (Å²) in [6.45, 7) is -0.673. The lowest BCUT2D eigenvalue weighted by Gasteiger charge is -2.29. The van der Waals surface area contributed by atoms with E-state index in [9.17, 15) is 29.1 Å². The minimum atomic E-state index is -1.05. The lowest BCUT2D eigenvalue weighted by Crippen LogP contribution is -2.56. The number of carbonyl (C=O) groups is 5. The summed E-state index contributed by atoms with van der Waals surface area (Å²) in [6, 6.07) is 13.1. The molecule has 11 heteroatoms. The van der Waals surface area contributed by atoms with Crippen LogP contribution in [0.2, 0.25) is 0 Å². The third kappa shape index (κ3) is 8.80. The number of amides is 5. The maximum atomic E-state index is 13.2. The molecule has 186 valence electrons. The molecule has 0 bridgehead atoms. The van der Waals surface area contributed by atoms with Crippen LogP contribution in [0.25, 0.3) is 0 Å². The second kappa shape index (κ2) is 13.3. The fourth-order valence-electron chi connectivity index (χ4n) is 3.27. The summed E-state index contributed by atoms with van der Waals surface area (Å²) in [6.07, 6.45) is 0.609. The summed E-state index contributed by atoms with van der Waals surface area (Å²) < 4.78 is 0. The monoisotopic (exact) mass is 483 g/mol. The van der Waals surface area contributed by atoms with Crippen molar-refractivity contribution in [3.63, 3.8) is 0 Å². The average molecular weight is 484 g/mol. The number of carbonyl (C=O) groups excluding carboxylic acids is 5. The molecule has 0 radical (unpaired) electrons. The number of nitrogens with zero attached hydrogens (tertiary/aromatic N) is 1. The number of nitrogens with two attached hydrogens (primary N) is 1. The van der Waals surface area contributed by atoms with Crippen LogP contribution >= 0.6 is 0 Å². The van der Waals surface area contributed by atoms with Crippen molar-refractivity contribution >= 4 is 30.0 Å². The number of primary amides is 1. The second-order valence-electron chi connectivity index (χ2n) is 7.82. The zero-order chi connectivity index (χ0) is 25.8. The third-order valence-corrected chi connectivity index (χ3v) is 5.25. The van der Waals surface area contributed by atoms with Crippen LogP contribution in [0.15, 0.2) is 54.6 Å². The zero-order valence-electron chi connectivity index (χ0n) is 19.3. The first-order valence-electron chi connectivity index (χ1n) is 10.8. The van der Waals surface area contributed by atoms with E-state index < -0.39 is 35.7 Å². The fourth-order valence-corrected chi connectivity index (χ4v) is 3.27. The number of benzene rings is 2. The number of rotatable bonds is 13. The predicted octanol–water partition coefficient (Wildman–Crippen LogP) is -1.16. The zero-order valence-corrected chi connectivity index (χ0v) is 19.3. The van der Waals surface area contributed by atoms with Crippen molar-refractivity contribution < 1.29 is 29.1 Å². The van der Waals surface area contributed by atoms with Gasteiger partial charge >= 0.3 is 0 Å². The molecular formula is C24H29N5O6. The van der Waals surface area contributed by atoms with Gasteiger partial charge in [-0.2, -0.15) is 0 Å². The van der Waals surface area contributed by atoms with E-state index in [4.69, 9.17) is 5.73 Å². The van der Waals surface area contributed by atoms with Gasteiger partial charge in [0.1, 0.15) is 17.8 Å². The highest BCUT2D eigenvalue weighted by Gasteiger charge is 2.30. The third-order valence-electron chi connectivity index (χ3n) is 5.25. The standard InChI is InChI=1S/C24H29N5O6/c1-29(22(33)14-27-21(32)13-26-15-30)20(12-16-5-3-2-4-6-16)24(35)28-19(23(25)34)11-17-7-9-18(31)10-8-17/h2-10,15,19-20,31H,11-14H2,1H3,(H2,25,34)(H,26,30)(H,27,32)(H,28,35). The quantitative estimate of drug-likeness (QED) is 0.225. The van der Waals surface area contributed by atoms with Crippen molar-refractivity contribution in [3.8, 4) is 5.75 Å². The Morgan fingerprint density at radius 1 is 0.971 bits per heavy atom. The summed E-state index contributed by atoms with van der Waals surface area (Å²) >= 11 is 0. The molecule has 2 unspecified atom stereocenters. The number of nitrogens with one attached hydrogen (secondary N) is 3. The van der Waals surface area contributed by atoms with E-state index in [2.05, 4.69) is 16.0 Å². The molecule has 5 amide bonds. The lowest BCUT2D eigenvalue weighted by atomic mass is 10.0. The Balaban J connectivity index is 2.16. The van der Waals surface area contributed by atoms with Gasteiger partial charge in [-0.1, -0.05) is 42.5 Å². The Kier molecular flexibility index (Phi) is 10.2. The van der Waals surface area contributed by atoms with Gasteiger partial charge in [0, 0.05) is 19.9 Å². The van der Waals surface area contributed by atoms with E-state index in [1.807, 2.05) is 6.07 Å². The van der Waals surface area contributed by atoms with Crippen LogP contribution in [-0.2, 0) is 36.8 Å². The van der Waals surface area contributed by atoms with Gasteiger partial charge in [0.15, 0.2) is 0 Å².